The molecule has 4 saturated heterocycles. The third kappa shape index (κ3) is 32.9. The first-order valence-electron chi connectivity index (χ1n) is 46.7. The first kappa shape index (κ1) is 114. The number of aromatic nitrogens is 4. The number of hydrogen-bond donors (Lipinski definition) is 24. The van der Waals surface area contributed by atoms with E-state index in [-0.39, 0.29) is 209 Å². The van der Waals surface area contributed by atoms with Crippen molar-refractivity contribution in [1.82, 2.24) is 61.6 Å². The Morgan fingerprint density at radius 3 is 0.886 bits per heavy atom. The highest BCUT2D eigenvalue weighted by Gasteiger charge is 2.48. The lowest BCUT2D eigenvalue weighted by atomic mass is 9.98. The van der Waals surface area contributed by atoms with Crippen molar-refractivity contribution in [1.29, 1.82) is 0 Å². The molecule has 0 radical (unpaired) electrons. The van der Waals surface area contributed by atoms with Gasteiger partial charge in [0.05, 0.1) is 128 Å². The molecule has 0 aliphatic carbocycles. The summed E-state index contributed by atoms with van der Waals surface area (Å²) in [5.41, 5.74) is 11.4. The fourth-order valence-electron chi connectivity index (χ4n) is 16.0. The summed E-state index contributed by atoms with van der Waals surface area (Å²) < 4.78 is 66.2. The van der Waals surface area contributed by atoms with Crippen LogP contribution >= 0.6 is 0 Å². The minimum Gasteiger partial charge on any atom is -0.394 e. The number of aliphatic hydroxyl groups is 16. The van der Waals surface area contributed by atoms with Crippen LogP contribution in [0.2, 0.25) is 0 Å². The average molecular weight is 1990 g/mol. The molecule has 0 spiro atoms. The number of carbonyl (C=O) groups is 8. The summed E-state index contributed by atoms with van der Waals surface area (Å²) in [5.74, 6) is -3.42. The van der Waals surface area contributed by atoms with Crippen LogP contribution < -0.4 is 31.9 Å². The van der Waals surface area contributed by atoms with Crippen LogP contribution in [0.5, 0.6) is 0 Å². The van der Waals surface area contributed by atoms with Crippen molar-refractivity contribution >= 4 is 104 Å². The fraction of sp³-hybridized carbons (Fsp3) is 0.652. The molecular formula is C92H138N12O36. The number of hydrogen-bond acceptors (Lipinski definition) is 38. The Labute approximate surface area is 807 Å². The topological polar surface area (TPSA) is 707 Å². The zero-order valence-electron chi connectivity index (χ0n) is 79.0. The van der Waals surface area contributed by atoms with Gasteiger partial charge in [0.2, 0.25) is 47.3 Å². The standard InChI is InChI=1S/C92H138N12O36/c1-7-53-49(3)57-41-58-51(5)55(9-11-69(109)93-19-13-75(115)103(25-37-129-29-15-71(111)95-21-33-133-89-85(125)81(121)77(117)65(45-105)137-89)26-38-130-30-16-72(112)96-22-34-134-90-86(126)82(122)78(118)66(46-106)138-90)63(101-58)44-64-56(52(6)60(102-64)43-62-54(8-2)50(4)59(100-62)42-61(53)99-57)10-12-70(110)94-20-14-76(116)104(27-39-131-31-17-73(113)97-23-35-135-91-87(127)83(123)79(119)67(47-107)139-91)28-40-132-32-18-74(114)98-24-36-136-92-88(128)84(124)80(120)68(48-108)140-92/h7-8,41-44,65-68,77-92,99-100,105-108,117-128H,1-2,9-40,45-48H2,3-6H3,(H,93,109)(H,94,110)(H,95,111)(H,96,112)(H,97,113)(H,98,114)/t65-,66-,67-,68-,77+,78+,79+,80+,81+,82+,83+,84+,85-,86-,87-,88-,89-,90-,91-,92-/m1/s1. The Kier molecular flexibility index (Phi) is 47.2. The number of nitrogens with zero attached hydrogens (tertiary/aromatic N) is 4. The van der Waals surface area contributed by atoms with Crippen LogP contribution in [0, 0.1) is 13.8 Å². The lowest BCUT2D eigenvalue weighted by Gasteiger charge is -2.39. The summed E-state index contributed by atoms with van der Waals surface area (Å²) in [4.78, 5) is 128. The van der Waals surface area contributed by atoms with Gasteiger partial charge in [0.25, 0.3) is 0 Å². The zero-order chi connectivity index (χ0) is 102. The van der Waals surface area contributed by atoms with Gasteiger partial charge in [0.1, 0.15) is 97.7 Å². The van der Waals surface area contributed by atoms with Crippen molar-refractivity contribution < 1.29 is 177 Å². The predicted octanol–water partition coefficient (Wildman–Crippen LogP) is -6.33. The molecule has 20 atom stereocenters. The Morgan fingerprint density at radius 1 is 0.336 bits per heavy atom. The van der Waals surface area contributed by atoms with Crippen molar-refractivity contribution in [2.24, 2.45) is 0 Å². The second-order valence-electron chi connectivity index (χ2n) is 34.0. The molecule has 0 saturated carbocycles. The molecule has 9 rings (SSSR count). The van der Waals surface area contributed by atoms with Gasteiger partial charge in [-0.3, -0.25) is 38.4 Å². The molecule has 8 bridgehead atoms. The van der Waals surface area contributed by atoms with E-state index in [1.54, 1.807) is 12.2 Å². The number of carbonyl (C=O) groups excluding carboxylic acids is 8. The number of H-pyrrole nitrogens is 2. The van der Waals surface area contributed by atoms with Gasteiger partial charge in [-0.2, -0.15) is 0 Å². The van der Waals surface area contributed by atoms with Crippen LogP contribution in [-0.4, -0.2) is 453 Å². The molecular weight excluding hydrogens is 1850 g/mol. The third-order valence-electron chi connectivity index (χ3n) is 24.4. The first-order chi connectivity index (χ1) is 67.1. The number of amides is 8. The Morgan fingerprint density at radius 2 is 0.600 bits per heavy atom. The maximum absolute atomic E-state index is 14.1. The molecule has 3 aromatic rings. The Bertz CT molecular complexity index is 4670. The third-order valence-corrected chi connectivity index (χ3v) is 24.4. The van der Waals surface area contributed by atoms with Crippen LogP contribution in [0.25, 0.3) is 56.5 Å². The number of aliphatic hydroxyl groups excluding tert-OH is 16. The van der Waals surface area contributed by atoms with Gasteiger partial charge < -0.3 is 190 Å². The minimum atomic E-state index is -1.65. The molecule has 6 aliphatic rings. The van der Waals surface area contributed by atoms with Crippen molar-refractivity contribution in [2.75, 3.05) is 171 Å². The quantitative estimate of drug-likeness (QED) is 0.0234. The number of aromatic amines is 2. The van der Waals surface area contributed by atoms with E-state index in [0.29, 0.717) is 39.4 Å². The molecule has 3 aromatic heterocycles. The largest absolute Gasteiger partial charge is 0.394 e. The van der Waals surface area contributed by atoms with Crippen LogP contribution in [0.15, 0.2) is 37.4 Å². The van der Waals surface area contributed by atoms with Crippen LogP contribution in [0.4, 0.5) is 0 Å². The van der Waals surface area contributed by atoms with Gasteiger partial charge in [-0.15, -0.1) is 0 Å². The molecule has 8 amide bonds. The van der Waals surface area contributed by atoms with Gasteiger partial charge in [-0.25, -0.2) is 9.97 Å². The average Bonchev–Trinajstić information content (AvgIpc) is 1.62. The SMILES string of the molecule is C=Cc1c(C)c2cc3[nH]c(cc4nc(cc5nc(cc1[nH]2)C(C)=C5CCC(=O)NCCC(=O)N(CCOCCC(=O)NCCO[C@@H]1O[C@H](CO)[C@H](O)[C@H](O)[C@H]1O)CCOCCC(=O)NCCO[C@@H]1O[C@H](CO)[C@H](O)[C@H](O)[C@H]1O)C(CCC(=O)NCCC(=O)N(CCOCCC(=O)NCCO[C@@H]1O[C@H](CO)[C@H](O)[C@H](O)[C@H]1O)CCOCCC(=O)NCCO[C@@H]1O[C@H](CO)[C@H](O)[C@H](O)[C@H]1O)=C4C)c(C)c3C=C. The first-order valence-corrected chi connectivity index (χ1v) is 46.7. The molecule has 24 N–H and O–H groups in total. The van der Waals surface area contributed by atoms with E-state index in [4.69, 9.17) is 66.8 Å². The molecule has 48 nitrogen and oxygen atoms in total. The second kappa shape index (κ2) is 57.9. The molecule has 140 heavy (non-hydrogen) atoms. The highest BCUT2D eigenvalue weighted by molar-refractivity contribution is 5.98. The maximum atomic E-state index is 14.1. The number of rotatable bonds is 58. The number of ether oxygens (including phenoxy) is 12. The van der Waals surface area contributed by atoms with E-state index in [1.807, 2.05) is 52.0 Å². The van der Waals surface area contributed by atoms with E-state index < -0.39 is 197 Å². The van der Waals surface area contributed by atoms with Gasteiger partial charge in [0.15, 0.2) is 25.2 Å². The van der Waals surface area contributed by atoms with Crippen molar-refractivity contribution in [3.63, 3.8) is 0 Å². The van der Waals surface area contributed by atoms with Crippen molar-refractivity contribution in [2.45, 2.75) is 215 Å². The minimum absolute atomic E-state index is 0.00728. The lowest BCUT2D eigenvalue weighted by Crippen LogP contribution is -2.59. The van der Waals surface area contributed by atoms with E-state index in [1.165, 1.54) is 9.80 Å². The summed E-state index contributed by atoms with van der Waals surface area (Å²) >= 11 is 0. The van der Waals surface area contributed by atoms with Crippen molar-refractivity contribution in [3.05, 3.63) is 82.5 Å². The molecule has 4 fully saturated rings. The lowest BCUT2D eigenvalue weighted by molar-refractivity contribution is -0.300. The normalized spacial score (nSPS) is 25.2. The fourth-order valence-corrected chi connectivity index (χ4v) is 16.0. The number of fused-ring (bicyclic) bond motifs is 8. The van der Waals surface area contributed by atoms with Gasteiger partial charge in [-0.1, -0.05) is 25.3 Å². The maximum Gasteiger partial charge on any atom is 0.224 e. The highest BCUT2D eigenvalue weighted by Crippen LogP contribution is 2.39. The van der Waals surface area contributed by atoms with Gasteiger partial charge in [-0.05, 0) is 98.2 Å². The van der Waals surface area contributed by atoms with Crippen LogP contribution in [0.3, 0.4) is 0 Å². The van der Waals surface area contributed by atoms with Gasteiger partial charge in [0, 0.05) is 150 Å². The summed E-state index contributed by atoms with van der Waals surface area (Å²) in [6.07, 6.45) is -27.0. The highest BCUT2D eigenvalue weighted by atomic mass is 16.7. The smallest absolute Gasteiger partial charge is 0.224 e. The molecule has 0 aromatic carbocycles. The zero-order valence-corrected chi connectivity index (χ0v) is 79.0. The van der Waals surface area contributed by atoms with E-state index in [9.17, 15) is 120 Å². The van der Waals surface area contributed by atoms with E-state index in [0.717, 1.165) is 50.0 Å². The number of nitrogens with one attached hydrogen (secondary N) is 8. The van der Waals surface area contributed by atoms with Crippen LogP contribution in [0.1, 0.15) is 123 Å². The Balaban J connectivity index is 0.824. The van der Waals surface area contributed by atoms with E-state index in [2.05, 4.69) is 55.0 Å². The Hall–Kier alpha value is -9.28. The number of aryl methyl sites for hydroxylation is 2. The molecule has 6 aliphatic heterocycles. The van der Waals surface area contributed by atoms with Crippen LogP contribution in [-0.2, 0) is 95.2 Å². The summed E-state index contributed by atoms with van der Waals surface area (Å²) in [5, 5.41) is 176. The predicted molar refractivity (Wildman–Crippen MR) is 495 cm³/mol. The summed E-state index contributed by atoms with van der Waals surface area (Å²) in [7, 11) is 0. The molecule has 782 valence electrons. The van der Waals surface area contributed by atoms with Crippen molar-refractivity contribution in [3.8, 4) is 0 Å². The number of allylic oxidation sites excluding steroid dienone is 4. The monoisotopic (exact) mass is 1990 g/mol. The second-order valence-corrected chi connectivity index (χ2v) is 34.0. The summed E-state index contributed by atoms with van der Waals surface area (Å²) in [6, 6.07) is 7.63. The molecule has 48 heteroatoms. The molecule has 0 unspecified atom stereocenters. The molecule has 9 heterocycles. The summed E-state index contributed by atoms with van der Waals surface area (Å²) in [6.45, 7) is 11.8. The van der Waals surface area contributed by atoms with Gasteiger partial charge >= 0.3 is 0 Å². The van der Waals surface area contributed by atoms with E-state index >= 15 is 0 Å².